The fourth-order valence-corrected chi connectivity index (χ4v) is 4.23. The van der Waals surface area contributed by atoms with Gasteiger partial charge in [0, 0.05) is 30.4 Å². The van der Waals surface area contributed by atoms with Gasteiger partial charge in [-0.3, -0.25) is 14.8 Å². The summed E-state index contributed by atoms with van der Waals surface area (Å²) in [7, 11) is 1.90. The van der Waals surface area contributed by atoms with Gasteiger partial charge in [0.1, 0.15) is 0 Å². The van der Waals surface area contributed by atoms with Crippen LogP contribution in [0.15, 0.2) is 36.8 Å². The van der Waals surface area contributed by atoms with Gasteiger partial charge in [0.2, 0.25) is 11.9 Å². The first-order chi connectivity index (χ1) is 13.1. The van der Waals surface area contributed by atoms with Crippen LogP contribution in [0.2, 0.25) is 0 Å². The first-order valence-corrected chi connectivity index (χ1v) is 9.41. The first kappa shape index (κ1) is 16.4. The molecule has 3 fully saturated rings. The maximum Gasteiger partial charge on any atom is 0.233 e. The molecule has 5 heterocycles. The largest absolute Gasteiger partial charge is 0.303 e. The lowest BCUT2D eigenvalue weighted by molar-refractivity contribution is -0.132. The topological polar surface area (TPSA) is 75.9 Å². The number of piperidine rings is 3. The zero-order chi connectivity index (χ0) is 18.4. The Balaban J connectivity index is 1.42. The van der Waals surface area contributed by atoms with Crippen molar-refractivity contribution in [3.63, 3.8) is 0 Å². The van der Waals surface area contributed by atoms with E-state index in [4.69, 9.17) is 0 Å². The Hall–Kier alpha value is -2.80. The molecule has 2 aromatic heterocycles. The Morgan fingerprint density at radius 2 is 1.89 bits per heavy atom. The van der Waals surface area contributed by atoms with E-state index in [9.17, 15) is 4.79 Å². The van der Waals surface area contributed by atoms with Crippen molar-refractivity contribution in [1.82, 2.24) is 24.6 Å². The summed E-state index contributed by atoms with van der Waals surface area (Å²) in [5, 5.41) is 8.16. The van der Waals surface area contributed by atoms with Gasteiger partial charge >= 0.3 is 0 Å². The van der Waals surface area contributed by atoms with Crippen LogP contribution >= 0.6 is 0 Å². The van der Waals surface area contributed by atoms with E-state index in [1.54, 1.807) is 10.9 Å². The summed E-state index contributed by atoms with van der Waals surface area (Å²) in [6.07, 6.45) is 8.36. The molecule has 1 amide bonds. The average molecular weight is 362 g/mol. The van der Waals surface area contributed by atoms with Gasteiger partial charge in [-0.1, -0.05) is 12.1 Å². The highest BCUT2D eigenvalue weighted by atomic mass is 16.2. The van der Waals surface area contributed by atoms with Crippen LogP contribution in [0.25, 0.3) is 22.0 Å². The molecule has 0 spiro atoms. The molecule has 0 saturated carbocycles. The maximum absolute atomic E-state index is 13.0. The lowest BCUT2D eigenvalue weighted by Crippen LogP contribution is -2.53. The number of fused-ring (bicyclic) bond motifs is 4. The van der Waals surface area contributed by atoms with Gasteiger partial charge in [0.15, 0.2) is 0 Å². The van der Waals surface area contributed by atoms with Crippen LogP contribution in [0.1, 0.15) is 19.3 Å². The molecule has 1 aromatic carbocycles. The van der Waals surface area contributed by atoms with Crippen molar-refractivity contribution in [3.05, 3.63) is 36.8 Å². The molecule has 3 saturated heterocycles. The summed E-state index contributed by atoms with van der Waals surface area (Å²) < 4.78 is 1.78. The Bertz CT molecular complexity index is 1000. The first-order valence-electron chi connectivity index (χ1n) is 9.41. The quantitative estimate of drug-likeness (QED) is 0.775. The molecule has 3 aromatic rings. The fourth-order valence-electron chi connectivity index (χ4n) is 4.23. The number of rotatable bonds is 3. The molecule has 0 unspecified atom stereocenters. The highest BCUT2D eigenvalue weighted by Gasteiger charge is 2.45. The van der Waals surface area contributed by atoms with Crippen molar-refractivity contribution in [1.29, 1.82) is 0 Å². The number of nitrogens with one attached hydrogen (secondary N) is 1. The van der Waals surface area contributed by atoms with Gasteiger partial charge in [-0.2, -0.15) is 5.10 Å². The van der Waals surface area contributed by atoms with Crippen molar-refractivity contribution in [3.8, 4) is 11.1 Å². The van der Waals surface area contributed by atoms with E-state index in [1.807, 2.05) is 37.6 Å². The minimum Gasteiger partial charge on any atom is -0.303 e. The molecule has 3 aliphatic heterocycles. The zero-order valence-electron chi connectivity index (χ0n) is 15.4. The Morgan fingerprint density at radius 3 is 2.59 bits per heavy atom. The second-order valence-corrected chi connectivity index (χ2v) is 7.70. The molecule has 7 nitrogen and oxygen atoms in total. The molecule has 0 radical (unpaired) electrons. The number of benzene rings is 1. The molecule has 27 heavy (non-hydrogen) atoms. The van der Waals surface area contributed by atoms with E-state index in [0.29, 0.717) is 5.95 Å². The van der Waals surface area contributed by atoms with E-state index in [-0.39, 0.29) is 11.3 Å². The number of hydrogen-bond acceptors (Lipinski definition) is 5. The van der Waals surface area contributed by atoms with Crippen LogP contribution in [0.4, 0.5) is 5.95 Å². The lowest BCUT2D eigenvalue weighted by Gasteiger charge is -2.46. The number of amides is 1. The standard InChI is InChI=1S/C20H22N6O/c1-25-13-16(12-22-25)14-2-3-15-11-21-19(23-17(15)10-14)24-18(27)20-4-7-26(8-5-20)9-6-20/h2-3,10-13H,4-9H2,1H3,(H,21,23,24,27). The predicted octanol–water partition coefficient (Wildman–Crippen LogP) is 2.45. The van der Waals surface area contributed by atoms with Crippen LogP contribution in [0.5, 0.6) is 0 Å². The summed E-state index contributed by atoms with van der Waals surface area (Å²) in [6, 6.07) is 6.05. The Labute approximate surface area is 157 Å². The number of aryl methyl sites for hydroxylation is 1. The van der Waals surface area contributed by atoms with E-state index < -0.39 is 0 Å². The maximum atomic E-state index is 13.0. The van der Waals surface area contributed by atoms with Gasteiger partial charge in [-0.05, 0) is 50.5 Å². The van der Waals surface area contributed by atoms with Crippen molar-refractivity contribution < 1.29 is 4.79 Å². The molecular weight excluding hydrogens is 340 g/mol. The van der Waals surface area contributed by atoms with Gasteiger partial charge in [-0.25, -0.2) is 9.97 Å². The van der Waals surface area contributed by atoms with E-state index in [2.05, 4.69) is 25.3 Å². The van der Waals surface area contributed by atoms with E-state index >= 15 is 0 Å². The molecule has 0 aliphatic carbocycles. The number of nitrogens with zero attached hydrogens (tertiary/aromatic N) is 5. The molecule has 138 valence electrons. The zero-order valence-corrected chi connectivity index (χ0v) is 15.4. The summed E-state index contributed by atoms with van der Waals surface area (Å²) in [5.74, 6) is 0.461. The highest BCUT2D eigenvalue weighted by Crippen LogP contribution is 2.40. The minimum atomic E-state index is -0.245. The summed E-state index contributed by atoms with van der Waals surface area (Å²) in [6.45, 7) is 3.04. The minimum absolute atomic E-state index is 0.0737. The SMILES string of the molecule is Cn1cc(-c2ccc3cnc(NC(=O)C45CCN(CC4)CC5)nc3c2)cn1. The molecule has 2 bridgehead atoms. The number of carbonyl (C=O) groups is 1. The molecule has 1 N–H and O–H groups in total. The van der Waals surface area contributed by atoms with Crippen LogP contribution in [0, 0.1) is 5.41 Å². The highest BCUT2D eigenvalue weighted by molar-refractivity contribution is 5.95. The van der Waals surface area contributed by atoms with Crippen LogP contribution in [-0.4, -0.2) is 50.2 Å². The number of hydrogen-bond donors (Lipinski definition) is 1. The van der Waals surface area contributed by atoms with E-state index in [0.717, 1.165) is 60.9 Å². The third-order valence-corrected chi connectivity index (χ3v) is 6.05. The Morgan fingerprint density at radius 1 is 1.11 bits per heavy atom. The van der Waals surface area contributed by atoms with Crippen molar-refractivity contribution in [2.45, 2.75) is 19.3 Å². The van der Waals surface area contributed by atoms with E-state index in [1.165, 1.54) is 0 Å². The second kappa shape index (κ2) is 6.13. The third-order valence-electron chi connectivity index (χ3n) is 6.05. The van der Waals surface area contributed by atoms with Gasteiger partial charge < -0.3 is 4.90 Å². The average Bonchev–Trinajstić information content (AvgIpc) is 3.15. The van der Waals surface area contributed by atoms with Crippen molar-refractivity contribution >= 4 is 22.8 Å². The predicted molar refractivity (Wildman–Crippen MR) is 103 cm³/mol. The van der Waals surface area contributed by atoms with Crippen LogP contribution < -0.4 is 5.32 Å². The monoisotopic (exact) mass is 362 g/mol. The normalized spacial score (nSPS) is 24.3. The van der Waals surface area contributed by atoms with Gasteiger partial charge in [0.05, 0.1) is 17.1 Å². The third kappa shape index (κ3) is 2.88. The van der Waals surface area contributed by atoms with Crippen LogP contribution in [-0.2, 0) is 11.8 Å². The Kier molecular flexibility index (Phi) is 3.72. The van der Waals surface area contributed by atoms with Gasteiger partial charge in [0.25, 0.3) is 0 Å². The van der Waals surface area contributed by atoms with Gasteiger partial charge in [-0.15, -0.1) is 0 Å². The smallest absolute Gasteiger partial charge is 0.233 e. The lowest BCUT2D eigenvalue weighted by atomic mass is 9.71. The molecule has 3 aliphatic rings. The molecule has 0 atom stereocenters. The summed E-state index contributed by atoms with van der Waals surface area (Å²) >= 11 is 0. The molecule has 7 heteroatoms. The van der Waals surface area contributed by atoms with Crippen LogP contribution in [0.3, 0.4) is 0 Å². The number of carbonyl (C=O) groups excluding carboxylic acids is 1. The second-order valence-electron chi connectivity index (χ2n) is 7.70. The number of aromatic nitrogens is 4. The molecule has 6 rings (SSSR count). The summed E-state index contributed by atoms with van der Waals surface area (Å²) in [5.41, 5.74) is 2.66. The number of anilines is 1. The molecular formula is C20H22N6O. The fraction of sp³-hybridized carbons (Fsp3) is 0.400. The van der Waals surface area contributed by atoms with Crippen molar-refractivity contribution in [2.75, 3.05) is 25.0 Å². The summed E-state index contributed by atoms with van der Waals surface area (Å²) in [4.78, 5) is 24.3. The van der Waals surface area contributed by atoms with Crippen molar-refractivity contribution in [2.24, 2.45) is 12.5 Å².